The minimum Gasteiger partial charge on any atom is -0.456 e. The van der Waals surface area contributed by atoms with Crippen LogP contribution in [-0.2, 0) is 0 Å². The summed E-state index contributed by atoms with van der Waals surface area (Å²) in [5.41, 5.74) is 8.79. The summed E-state index contributed by atoms with van der Waals surface area (Å²) in [6, 6.07) is 53.1. The normalized spacial score (nSPS) is 11.7. The molecule has 0 unspecified atom stereocenters. The summed E-state index contributed by atoms with van der Waals surface area (Å²) < 4.78 is 13.3. The van der Waals surface area contributed by atoms with Gasteiger partial charge in [0.15, 0.2) is 5.58 Å². The molecule has 2 heterocycles. The molecule has 0 radical (unpaired) electrons. The first-order valence-electron chi connectivity index (χ1n) is 14.5. The van der Waals surface area contributed by atoms with Crippen molar-refractivity contribution in [3.05, 3.63) is 152 Å². The van der Waals surface area contributed by atoms with Crippen molar-refractivity contribution in [3.8, 4) is 11.1 Å². The zero-order chi connectivity index (χ0) is 28.3. The molecule has 0 aliphatic rings. The van der Waals surface area contributed by atoms with E-state index in [1.165, 1.54) is 21.9 Å². The number of benzene rings is 7. The first kappa shape index (κ1) is 23.9. The van der Waals surface area contributed by atoms with E-state index in [1.807, 2.05) is 30.3 Å². The Kier molecular flexibility index (Phi) is 5.20. The van der Waals surface area contributed by atoms with Gasteiger partial charge < -0.3 is 13.7 Å². The Bertz CT molecular complexity index is 2440. The highest BCUT2D eigenvalue weighted by Crippen LogP contribution is 2.49. The van der Waals surface area contributed by atoms with Crippen molar-refractivity contribution in [2.45, 2.75) is 0 Å². The molecule has 202 valence electrons. The highest BCUT2D eigenvalue weighted by molar-refractivity contribution is 6.24. The maximum atomic E-state index is 6.73. The van der Waals surface area contributed by atoms with Crippen LogP contribution in [-0.4, -0.2) is 0 Å². The lowest BCUT2D eigenvalue weighted by molar-refractivity contribution is 0.664. The Balaban J connectivity index is 1.40. The average molecular weight is 552 g/mol. The quantitative estimate of drug-likeness (QED) is 0.218. The molecule has 9 rings (SSSR count). The number of hydrogen-bond donors (Lipinski definition) is 0. The Morgan fingerprint density at radius 1 is 0.395 bits per heavy atom. The summed E-state index contributed by atoms with van der Waals surface area (Å²) in [6.45, 7) is 0. The van der Waals surface area contributed by atoms with Gasteiger partial charge >= 0.3 is 0 Å². The van der Waals surface area contributed by atoms with Crippen molar-refractivity contribution >= 4 is 71.7 Å². The number of fused-ring (bicyclic) bond motifs is 7. The van der Waals surface area contributed by atoms with Crippen molar-refractivity contribution in [3.63, 3.8) is 0 Å². The number of hydrogen-bond acceptors (Lipinski definition) is 3. The first-order chi connectivity index (χ1) is 21.3. The molecule has 43 heavy (non-hydrogen) atoms. The Labute approximate surface area is 247 Å². The Hall–Kier alpha value is -5.80. The Morgan fingerprint density at radius 2 is 1.02 bits per heavy atom. The van der Waals surface area contributed by atoms with E-state index in [9.17, 15) is 0 Å². The highest BCUT2D eigenvalue weighted by atomic mass is 16.3. The summed E-state index contributed by atoms with van der Waals surface area (Å²) in [4.78, 5) is 2.33. The van der Waals surface area contributed by atoms with Gasteiger partial charge in [-0.1, -0.05) is 109 Å². The van der Waals surface area contributed by atoms with Gasteiger partial charge in [-0.3, -0.25) is 0 Å². The van der Waals surface area contributed by atoms with Gasteiger partial charge in [0.25, 0.3) is 0 Å². The molecule has 0 fully saturated rings. The monoisotopic (exact) mass is 551 g/mol. The van der Waals surface area contributed by atoms with Gasteiger partial charge in [-0.25, -0.2) is 0 Å². The van der Waals surface area contributed by atoms with Gasteiger partial charge in [0.2, 0.25) is 0 Å². The first-order valence-corrected chi connectivity index (χ1v) is 14.5. The minimum absolute atomic E-state index is 0.834. The van der Waals surface area contributed by atoms with Crippen LogP contribution in [0.2, 0.25) is 0 Å². The number of furan rings is 2. The van der Waals surface area contributed by atoms with E-state index in [1.54, 1.807) is 0 Å². The Morgan fingerprint density at radius 3 is 1.84 bits per heavy atom. The molecule has 3 nitrogen and oxygen atoms in total. The van der Waals surface area contributed by atoms with Crippen LogP contribution in [0.3, 0.4) is 0 Å². The molecule has 0 aliphatic heterocycles. The number of rotatable bonds is 4. The largest absolute Gasteiger partial charge is 0.456 e. The maximum absolute atomic E-state index is 6.73. The van der Waals surface area contributed by atoms with Crippen LogP contribution in [0.4, 0.5) is 17.1 Å². The van der Waals surface area contributed by atoms with Crippen molar-refractivity contribution in [1.29, 1.82) is 0 Å². The molecule has 0 amide bonds. The summed E-state index contributed by atoms with van der Waals surface area (Å²) >= 11 is 0. The second-order valence-electron chi connectivity index (χ2n) is 11.0. The van der Waals surface area contributed by atoms with Crippen LogP contribution in [0.5, 0.6) is 0 Å². The number of nitrogens with zero attached hydrogens (tertiary/aromatic N) is 1. The molecular formula is C40H25NO2. The molecule has 7 aromatic carbocycles. The molecule has 0 N–H and O–H groups in total. The van der Waals surface area contributed by atoms with E-state index < -0.39 is 0 Å². The van der Waals surface area contributed by atoms with E-state index in [4.69, 9.17) is 8.83 Å². The summed E-state index contributed by atoms with van der Waals surface area (Å²) in [5.74, 6) is 0. The van der Waals surface area contributed by atoms with Crippen LogP contribution in [0.25, 0.3) is 65.8 Å². The third kappa shape index (κ3) is 3.75. The third-order valence-electron chi connectivity index (χ3n) is 8.43. The molecule has 0 spiro atoms. The van der Waals surface area contributed by atoms with Gasteiger partial charge in [0.05, 0.1) is 5.39 Å². The van der Waals surface area contributed by atoms with Crippen molar-refractivity contribution in [1.82, 2.24) is 0 Å². The summed E-state index contributed by atoms with van der Waals surface area (Å²) in [6.07, 6.45) is 0. The van der Waals surface area contributed by atoms with E-state index in [0.29, 0.717) is 0 Å². The molecule has 0 aliphatic carbocycles. The second-order valence-corrected chi connectivity index (χ2v) is 11.0. The van der Waals surface area contributed by atoms with Gasteiger partial charge in [-0.05, 0) is 64.4 Å². The summed E-state index contributed by atoms with van der Waals surface area (Å²) in [7, 11) is 0. The topological polar surface area (TPSA) is 29.5 Å². The van der Waals surface area contributed by atoms with Gasteiger partial charge in [0, 0.05) is 27.5 Å². The lowest BCUT2D eigenvalue weighted by Gasteiger charge is -2.27. The predicted octanol–water partition coefficient (Wildman–Crippen LogP) is 11.8. The van der Waals surface area contributed by atoms with E-state index >= 15 is 0 Å². The van der Waals surface area contributed by atoms with Gasteiger partial charge in [-0.15, -0.1) is 0 Å². The van der Waals surface area contributed by atoms with Crippen molar-refractivity contribution < 1.29 is 8.83 Å². The third-order valence-corrected chi connectivity index (χ3v) is 8.43. The molecular weight excluding hydrogens is 526 g/mol. The smallest absolute Gasteiger partial charge is 0.160 e. The highest BCUT2D eigenvalue weighted by Gasteiger charge is 2.26. The molecule has 0 atom stereocenters. The van der Waals surface area contributed by atoms with Crippen LogP contribution in [0.1, 0.15) is 0 Å². The average Bonchev–Trinajstić information content (AvgIpc) is 3.63. The number of anilines is 3. The fraction of sp³-hybridized carbons (Fsp3) is 0. The zero-order valence-electron chi connectivity index (χ0n) is 23.2. The van der Waals surface area contributed by atoms with Crippen LogP contribution in [0.15, 0.2) is 160 Å². The predicted molar refractivity (Wildman–Crippen MR) is 179 cm³/mol. The molecule has 3 heteroatoms. The van der Waals surface area contributed by atoms with Crippen LogP contribution in [0, 0.1) is 0 Å². The molecule has 0 bridgehead atoms. The van der Waals surface area contributed by atoms with E-state index in [2.05, 4.69) is 126 Å². The SMILES string of the molecule is c1ccc(-c2ccc(N(c3ccc4ccccc4c3)c3c4oc5ccccc5c4cc4oc5ccccc5c34)cc2)cc1. The lowest BCUT2D eigenvalue weighted by Crippen LogP contribution is -2.10. The fourth-order valence-corrected chi connectivity index (χ4v) is 6.41. The van der Waals surface area contributed by atoms with Crippen LogP contribution < -0.4 is 4.90 Å². The van der Waals surface area contributed by atoms with Gasteiger partial charge in [0.1, 0.15) is 22.4 Å². The van der Waals surface area contributed by atoms with E-state index in [-0.39, 0.29) is 0 Å². The molecule has 0 saturated carbocycles. The van der Waals surface area contributed by atoms with Crippen molar-refractivity contribution in [2.75, 3.05) is 4.90 Å². The van der Waals surface area contributed by atoms with E-state index in [0.717, 1.165) is 60.9 Å². The summed E-state index contributed by atoms with van der Waals surface area (Å²) in [5, 5.41) is 6.56. The minimum atomic E-state index is 0.834. The zero-order valence-corrected chi connectivity index (χ0v) is 23.2. The van der Waals surface area contributed by atoms with Crippen LogP contribution >= 0.6 is 0 Å². The molecule has 0 saturated heterocycles. The standard InChI is InChI=1S/C40H25NO2/c1-2-10-26(11-3-1)28-18-21-30(22-19-28)41(31-23-20-27-12-4-5-13-29(27)24-31)39-38-33-15-7-9-17-36(33)42-37(38)25-34-32-14-6-8-16-35(32)43-40(34)39/h1-25H. The maximum Gasteiger partial charge on any atom is 0.160 e. The fourth-order valence-electron chi connectivity index (χ4n) is 6.41. The number of para-hydroxylation sites is 2. The van der Waals surface area contributed by atoms with Gasteiger partial charge in [-0.2, -0.15) is 0 Å². The second kappa shape index (κ2) is 9.37. The molecule has 2 aromatic heterocycles. The lowest BCUT2D eigenvalue weighted by atomic mass is 10.0. The van der Waals surface area contributed by atoms with Crippen molar-refractivity contribution in [2.24, 2.45) is 0 Å². The molecule has 9 aromatic rings.